The van der Waals surface area contributed by atoms with E-state index in [4.69, 9.17) is 4.74 Å². The molecule has 4 nitrogen and oxygen atoms in total. The zero-order valence-electron chi connectivity index (χ0n) is 13.9. The molecular weight excluding hydrogens is 296 g/mol. The zero-order chi connectivity index (χ0) is 16.2. The first-order valence-electron chi connectivity index (χ1n) is 7.74. The summed E-state index contributed by atoms with van der Waals surface area (Å²) in [6.45, 7) is 11.0. The molecule has 1 fully saturated rings. The van der Waals surface area contributed by atoms with E-state index in [2.05, 4.69) is 50.0 Å². The fraction of sp³-hybridized carbons (Fsp3) is 0.588. The molecule has 22 heavy (non-hydrogen) atoms. The lowest BCUT2D eigenvalue weighted by Gasteiger charge is -2.33. The molecule has 5 heteroatoms. The quantitative estimate of drug-likeness (QED) is 0.923. The van der Waals surface area contributed by atoms with E-state index >= 15 is 0 Å². The number of hydrogen-bond acceptors (Lipinski definition) is 4. The van der Waals surface area contributed by atoms with Crippen LogP contribution in [0, 0.1) is 0 Å². The van der Waals surface area contributed by atoms with E-state index in [1.807, 2.05) is 12.1 Å². The van der Waals surface area contributed by atoms with Crippen molar-refractivity contribution < 1.29 is 9.53 Å². The minimum absolute atomic E-state index is 0.0488. The topological polar surface area (TPSA) is 41.6 Å². The molecule has 1 aliphatic heterocycles. The molecule has 1 atom stereocenters. The van der Waals surface area contributed by atoms with Gasteiger partial charge in [-0.15, -0.1) is 11.8 Å². The largest absolute Gasteiger partial charge is 0.375 e. The van der Waals surface area contributed by atoms with E-state index in [-0.39, 0.29) is 16.8 Å². The van der Waals surface area contributed by atoms with Crippen LogP contribution in [0.15, 0.2) is 24.3 Å². The Balaban J connectivity index is 1.87. The molecule has 1 aromatic rings. The van der Waals surface area contributed by atoms with Crippen LogP contribution in [-0.2, 0) is 9.53 Å². The van der Waals surface area contributed by atoms with Crippen molar-refractivity contribution in [2.45, 2.75) is 38.5 Å². The van der Waals surface area contributed by atoms with Crippen LogP contribution in [-0.4, -0.2) is 42.2 Å². The summed E-state index contributed by atoms with van der Waals surface area (Å²) in [6, 6.07) is 8.05. The lowest BCUT2D eigenvalue weighted by Crippen LogP contribution is -2.41. The molecule has 1 aliphatic rings. The van der Waals surface area contributed by atoms with Crippen LogP contribution >= 0.6 is 11.8 Å². The van der Waals surface area contributed by atoms with E-state index in [1.165, 1.54) is 5.69 Å². The van der Waals surface area contributed by atoms with Crippen molar-refractivity contribution in [2.24, 2.45) is 0 Å². The molecule has 1 N–H and O–H groups in total. The number of amides is 1. The van der Waals surface area contributed by atoms with Crippen molar-refractivity contribution in [3.63, 3.8) is 0 Å². The number of anilines is 2. The van der Waals surface area contributed by atoms with Crippen molar-refractivity contribution in [3.05, 3.63) is 24.3 Å². The number of nitrogens with zero attached hydrogens (tertiary/aromatic N) is 1. The summed E-state index contributed by atoms with van der Waals surface area (Å²) in [4.78, 5) is 14.2. The molecule has 1 saturated heterocycles. The number of carbonyl (C=O) groups is 1. The second kappa shape index (κ2) is 7.38. The van der Waals surface area contributed by atoms with Gasteiger partial charge in [0.05, 0.1) is 18.5 Å². The van der Waals surface area contributed by atoms with E-state index in [0.29, 0.717) is 5.75 Å². The average molecular weight is 322 g/mol. The van der Waals surface area contributed by atoms with E-state index < -0.39 is 0 Å². The smallest absolute Gasteiger partial charge is 0.234 e. The number of morpholine rings is 1. The number of benzene rings is 1. The summed E-state index contributed by atoms with van der Waals surface area (Å²) in [5.74, 6) is 0.527. The molecule has 1 amide bonds. The lowest BCUT2D eigenvalue weighted by atomic mass is 10.2. The van der Waals surface area contributed by atoms with Gasteiger partial charge in [-0.2, -0.15) is 0 Å². The highest BCUT2D eigenvalue weighted by Crippen LogP contribution is 2.24. The van der Waals surface area contributed by atoms with Gasteiger partial charge in [-0.3, -0.25) is 4.79 Å². The molecule has 0 unspecified atom stereocenters. The van der Waals surface area contributed by atoms with Gasteiger partial charge >= 0.3 is 0 Å². The maximum atomic E-state index is 11.9. The third kappa shape index (κ3) is 5.54. The average Bonchev–Trinajstić information content (AvgIpc) is 2.45. The predicted molar refractivity (Wildman–Crippen MR) is 94.9 cm³/mol. The molecule has 122 valence electrons. The minimum Gasteiger partial charge on any atom is -0.375 e. The minimum atomic E-state index is 0.0488. The van der Waals surface area contributed by atoms with Gasteiger partial charge in [0.1, 0.15) is 0 Å². The van der Waals surface area contributed by atoms with E-state index in [1.54, 1.807) is 11.8 Å². The van der Waals surface area contributed by atoms with Crippen molar-refractivity contribution in [1.29, 1.82) is 0 Å². The van der Waals surface area contributed by atoms with Gasteiger partial charge in [-0.25, -0.2) is 0 Å². The number of hydrogen-bond donors (Lipinski definition) is 1. The molecule has 0 bridgehead atoms. The Morgan fingerprint density at radius 1 is 1.36 bits per heavy atom. The number of ether oxygens (including phenoxy) is 1. The molecular formula is C17H26N2O2S. The highest BCUT2D eigenvalue weighted by atomic mass is 32.2. The first kappa shape index (κ1) is 17.2. The maximum absolute atomic E-state index is 11.9. The summed E-state index contributed by atoms with van der Waals surface area (Å²) in [5.41, 5.74) is 2.03. The molecule has 0 radical (unpaired) electrons. The van der Waals surface area contributed by atoms with Gasteiger partial charge in [-0.05, 0) is 31.2 Å². The van der Waals surface area contributed by atoms with E-state index in [9.17, 15) is 4.79 Å². The Bertz CT molecular complexity index is 496. The summed E-state index contributed by atoms with van der Waals surface area (Å²) in [5, 5.41) is 2.95. The molecule has 1 heterocycles. The van der Waals surface area contributed by atoms with Gasteiger partial charge in [0.2, 0.25) is 5.91 Å². The third-order valence-corrected chi connectivity index (χ3v) is 4.67. The standard InChI is InChI=1S/C17H26N2O2S/c1-13-11-19(9-10-21-13)15-7-5-14(6-8-15)18-16(20)12-22-17(2,3)4/h5-8,13H,9-12H2,1-4H3,(H,18,20)/t13-/m0/s1. The summed E-state index contributed by atoms with van der Waals surface area (Å²) >= 11 is 1.65. The Labute approximate surface area is 137 Å². The van der Waals surface area contributed by atoms with Gasteiger partial charge in [0.25, 0.3) is 0 Å². The lowest BCUT2D eigenvalue weighted by molar-refractivity contribution is -0.113. The molecule has 0 aliphatic carbocycles. The molecule has 2 rings (SSSR count). The number of carbonyl (C=O) groups excluding carboxylic acids is 1. The van der Waals surface area contributed by atoms with Crippen LogP contribution in [0.1, 0.15) is 27.7 Å². The van der Waals surface area contributed by atoms with Crippen LogP contribution in [0.3, 0.4) is 0 Å². The predicted octanol–water partition coefficient (Wildman–Crippen LogP) is 3.38. The van der Waals surface area contributed by atoms with Crippen LogP contribution in [0.5, 0.6) is 0 Å². The maximum Gasteiger partial charge on any atom is 0.234 e. The van der Waals surface area contributed by atoms with Gasteiger partial charge in [0.15, 0.2) is 0 Å². The van der Waals surface area contributed by atoms with Crippen LogP contribution < -0.4 is 10.2 Å². The fourth-order valence-electron chi connectivity index (χ4n) is 2.29. The van der Waals surface area contributed by atoms with Crippen molar-refractivity contribution in [2.75, 3.05) is 35.7 Å². The number of rotatable bonds is 4. The Kier molecular flexibility index (Phi) is 5.75. The van der Waals surface area contributed by atoms with Crippen molar-refractivity contribution >= 4 is 29.0 Å². The highest BCUT2D eigenvalue weighted by Gasteiger charge is 2.17. The first-order valence-corrected chi connectivity index (χ1v) is 8.72. The SMILES string of the molecule is C[C@H]1CN(c2ccc(NC(=O)CSC(C)(C)C)cc2)CCO1. The summed E-state index contributed by atoms with van der Waals surface area (Å²) in [7, 11) is 0. The van der Waals surface area contributed by atoms with Gasteiger partial charge in [0, 0.05) is 29.2 Å². The van der Waals surface area contributed by atoms with Gasteiger partial charge in [-0.1, -0.05) is 20.8 Å². The van der Waals surface area contributed by atoms with Crippen LogP contribution in [0.2, 0.25) is 0 Å². The Morgan fingerprint density at radius 2 is 2.05 bits per heavy atom. The Morgan fingerprint density at radius 3 is 2.64 bits per heavy atom. The summed E-state index contributed by atoms with van der Waals surface area (Å²) in [6.07, 6.45) is 0.266. The molecule has 1 aromatic carbocycles. The molecule has 0 saturated carbocycles. The fourth-order valence-corrected chi connectivity index (χ4v) is 2.92. The third-order valence-electron chi connectivity index (χ3n) is 3.39. The van der Waals surface area contributed by atoms with Crippen LogP contribution in [0.25, 0.3) is 0 Å². The number of thioether (sulfide) groups is 1. The second-order valence-electron chi connectivity index (χ2n) is 6.62. The van der Waals surface area contributed by atoms with Gasteiger partial charge < -0.3 is 15.0 Å². The monoisotopic (exact) mass is 322 g/mol. The molecule has 0 aromatic heterocycles. The van der Waals surface area contributed by atoms with Crippen molar-refractivity contribution in [3.8, 4) is 0 Å². The highest BCUT2D eigenvalue weighted by molar-refractivity contribution is 8.01. The first-order chi connectivity index (χ1) is 10.3. The summed E-state index contributed by atoms with van der Waals surface area (Å²) < 4.78 is 5.66. The van der Waals surface area contributed by atoms with E-state index in [0.717, 1.165) is 25.4 Å². The Hall–Kier alpha value is -1.20. The second-order valence-corrected chi connectivity index (χ2v) is 8.43. The van der Waals surface area contributed by atoms with Crippen LogP contribution in [0.4, 0.5) is 11.4 Å². The number of nitrogens with one attached hydrogen (secondary N) is 1. The normalized spacial score (nSPS) is 19.1. The zero-order valence-corrected chi connectivity index (χ0v) is 14.7. The van der Waals surface area contributed by atoms with Crippen molar-refractivity contribution in [1.82, 2.24) is 0 Å². The molecule has 0 spiro atoms.